The molecule has 2 N–H and O–H groups in total. The molecule has 0 fully saturated rings. The molecule has 1 atom stereocenters. The summed E-state index contributed by atoms with van der Waals surface area (Å²) < 4.78 is 28.6. The van der Waals surface area contributed by atoms with Crippen molar-refractivity contribution in [1.82, 2.24) is 19.7 Å². The van der Waals surface area contributed by atoms with Gasteiger partial charge in [0.05, 0.1) is 18.6 Å². The molecule has 0 aromatic carbocycles. The molecule has 4 rings (SSSR count). The summed E-state index contributed by atoms with van der Waals surface area (Å²) >= 11 is 0. The molecule has 0 saturated carbocycles. The van der Waals surface area contributed by atoms with Crippen molar-refractivity contribution in [2.75, 3.05) is 12.4 Å². The van der Waals surface area contributed by atoms with Crippen LogP contribution in [0.4, 0.5) is 14.6 Å². The Morgan fingerprint density at radius 3 is 2.81 bits per heavy atom. The van der Waals surface area contributed by atoms with Crippen molar-refractivity contribution in [1.29, 1.82) is 0 Å². The predicted octanol–water partition coefficient (Wildman–Crippen LogP) is 3.65. The number of alkyl halides is 1. The predicted molar refractivity (Wildman–Crippen MR) is 95.5 cm³/mol. The highest BCUT2D eigenvalue weighted by Crippen LogP contribution is 2.40. The van der Waals surface area contributed by atoms with Gasteiger partial charge in [0, 0.05) is 29.4 Å². The van der Waals surface area contributed by atoms with E-state index in [0.717, 1.165) is 23.2 Å². The van der Waals surface area contributed by atoms with Crippen molar-refractivity contribution in [3.05, 3.63) is 48.2 Å². The van der Waals surface area contributed by atoms with Crippen molar-refractivity contribution in [2.45, 2.75) is 26.3 Å². The second-order valence-corrected chi connectivity index (χ2v) is 7.10. The molecular weight excluding hydrogens is 336 g/mol. The zero-order chi connectivity index (χ0) is 18.3. The van der Waals surface area contributed by atoms with E-state index >= 15 is 0 Å². The van der Waals surface area contributed by atoms with Crippen LogP contribution in [0, 0.1) is 11.2 Å². The van der Waals surface area contributed by atoms with Crippen LogP contribution < -0.4 is 5.73 Å². The summed E-state index contributed by atoms with van der Waals surface area (Å²) in [7, 11) is 0. The molecule has 4 heterocycles. The number of pyridine rings is 2. The third kappa shape index (κ3) is 2.83. The number of hydrogen-bond acceptors (Lipinski definition) is 4. The zero-order valence-electron chi connectivity index (χ0n) is 14.4. The molecule has 0 saturated heterocycles. The van der Waals surface area contributed by atoms with E-state index < -0.39 is 17.9 Å². The summed E-state index contributed by atoms with van der Waals surface area (Å²) in [5.41, 5.74) is 9.45. The van der Waals surface area contributed by atoms with Crippen molar-refractivity contribution in [2.24, 2.45) is 5.41 Å². The molecule has 0 spiro atoms. The largest absolute Gasteiger partial charge is 0.384 e. The van der Waals surface area contributed by atoms with E-state index in [9.17, 15) is 8.78 Å². The lowest BCUT2D eigenvalue weighted by molar-refractivity contribution is 0.155. The number of anilines is 1. The number of nitrogens with zero attached hydrogens (tertiary/aromatic N) is 4. The highest BCUT2D eigenvalue weighted by Gasteiger charge is 2.34. The van der Waals surface area contributed by atoms with Crippen LogP contribution in [0.2, 0.25) is 0 Å². The molecule has 3 aromatic heterocycles. The number of halogens is 2. The maximum atomic E-state index is 13.5. The van der Waals surface area contributed by atoms with Crippen molar-refractivity contribution >= 4 is 5.82 Å². The highest BCUT2D eigenvalue weighted by atomic mass is 19.1. The molecular formula is C19H19F2N5. The third-order valence-corrected chi connectivity index (χ3v) is 4.92. The van der Waals surface area contributed by atoms with Gasteiger partial charge in [0.15, 0.2) is 0 Å². The minimum absolute atomic E-state index is 0.395. The first kappa shape index (κ1) is 16.6. The summed E-state index contributed by atoms with van der Waals surface area (Å²) in [6.07, 6.45) is 4.25. The van der Waals surface area contributed by atoms with Crippen LogP contribution in [-0.2, 0) is 13.0 Å². The monoisotopic (exact) mass is 355 g/mol. The Labute approximate surface area is 149 Å². The Balaban J connectivity index is 1.92. The molecule has 0 radical (unpaired) electrons. The number of hydrogen-bond donors (Lipinski definition) is 1. The van der Waals surface area contributed by atoms with Crippen LogP contribution in [0.1, 0.15) is 19.0 Å². The lowest BCUT2D eigenvalue weighted by Gasteiger charge is -2.31. The summed E-state index contributed by atoms with van der Waals surface area (Å²) in [5.74, 6) is 0.00213. The standard InChI is InChI=1S/C19H19F2N5/c1-19(10-20)6-4-15-17(12-5-7-23-16(22)8-12)18(25-26(15)11-19)14-3-2-13(21)9-24-14/h2-3,5,7-9H,4,6,10-11H2,1H3,(H2,22,23)/t19-/m1/s1. The van der Waals surface area contributed by atoms with Crippen LogP contribution in [0.15, 0.2) is 36.7 Å². The van der Waals surface area contributed by atoms with Gasteiger partial charge in [-0.15, -0.1) is 0 Å². The smallest absolute Gasteiger partial charge is 0.141 e. The molecule has 1 aliphatic rings. The molecule has 134 valence electrons. The Morgan fingerprint density at radius 1 is 1.27 bits per heavy atom. The number of rotatable bonds is 3. The van der Waals surface area contributed by atoms with E-state index in [-0.39, 0.29) is 0 Å². The van der Waals surface area contributed by atoms with Gasteiger partial charge in [0.2, 0.25) is 0 Å². The minimum Gasteiger partial charge on any atom is -0.384 e. The van der Waals surface area contributed by atoms with Gasteiger partial charge < -0.3 is 5.73 Å². The van der Waals surface area contributed by atoms with Gasteiger partial charge in [-0.2, -0.15) is 5.10 Å². The fourth-order valence-corrected chi connectivity index (χ4v) is 3.45. The van der Waals surface area contributed by atoms with E-state index in [2.05, 4.69) is 9.97 Å². The maximum Gasteiger partial charge on any atom is 0.141 e. The highest BCUT2D eigenvalue weighted by molar-refractivity contribution is 5.82. The van der Waals surface area contributed by atoms with Gasteiger partial charge in [-0.1, -0.05) is 6.92 Å². The number of fused-ring (bicyclic) bond motifs is 1. The second kappa shape index (κ2) is 6.16. The number of aromatic nitrogens is 4. The van der Waals surface area contributed by atoms with Gasteiger partial charge in [-0.3, -0.25) is 14.1 Å². The molecule has 0 amide bonds. The molecule has 0 aliphatic carbocycles. The quantitative estimate of drug-likeness (QED) is 0.779. The average molecular weight is 355 g/mol. The first-order valence-electron chi connectivity index (χ1n) is 8.48. The normalized spacial score (nSPS) is 19.3. The molecule has 0 bridgehead atoms. The maximum absolute atomic E-state index is 13.5. The topological polar surface area (TPSA) is 69.6 Å². The molecule has 0 unspecified atom stereocenters. The molecule has 1 aliphatic heterocycles. The van der Waals surface area contributed by atoms with Crippen LogP contribution in [0.5, 0.6) is 0 Å². The van der Waals surface area contributed by atoms with Crippen LogP contribution in [-0.4, -0.2) is 26.4 Å². The lowest BCUT2D eigenvalue weighted by Crippen LogP contribution is -2.32. The zero-order valence-corrected chi connectivity index (χ0v) is 14.4. The van der Waals surface area contributed by atoms with E-state index in [4.69, 9.17) is 10.8 Å². The van der Waals surface area contributed by atoms with E-state index in [1.807, 2.05) is 17.7 Å². The van der Waals surface area contributed by atoms with Crippen LogP contribution in [0.3, 0.4) is 0 Å². The summed E-state index contributed by atoms with van der Waals surface area (Å²) in [4.78, 5) is 8.23. The summed E-state index contributed by atoms with van der Waals surface area (Å²) in [6.45, 7) is 2.03. The fourth-order valence-electron chi connectivity index (χ4n) is 3.45. The summed E-state index contributed by atoms with van der Waals surface area (Å²) in [5, 5.41) is 4.70. The Hall–Kier alpha value is -2.83. The fraction of sp³-hybridized carbons (Fsp3) is 0.316. The van der Waals surface area contributed by atoms with E-state index in [0.29, 0.717) is 30.2 Å². The van der Waals surface area contributed by atoms with Crippen LogP contribution in [0.25, 0.3) is 22.5 Å². The van der Waals surface area contributed by atoms with Gasteiger partial charge in [0.1, 0.15) is 17.3 Å². The molecule has 3 aromatic rings. The first-order valence-corrected chi connectivity index (χ1v) is 8.48. The van der Waals surface area contributed by atoms with Gasteiger partial charge in [-0.05, 0) is 42.7 Å². The molecule has 26 heavy (non-hydrogen) atoms. The van der Waals surface area contributed by atoms with Crippen molar-refractivity contribution in [3.63, 3.8) is 0 Å². The Bertz CT molecular complexity index is 951. The second-order valence-electron chi connectivity index (χ2n) is 7.10. The van der Waals surface area contributed by atoms with Gasteiger partial charge in [-0.25, -0.2) is 9.37 Å². The third-order valence-electron chi connectivity index (χ3n) is 4.92. The Morgan fingerprint density at radius 2 is 2.12 bits per heavy atom. The van der Waals surface area contributed by atoms with Gasteiger partial charge >= 0.3 is 0 Å². The van der Waals surface area contributed by atoms with E-state index in [1.165, 1.54) is 12.3 Å². The number of nitrogens with two attached hydrogens (primary N) is 1. The number of nitrogen functional groups attached to an aromatic ring is 1. The SMILES string of the molecule is C[C@]1(CF)CCc2c(-c3ccnc(N)c3)c(-c3ccc(F)cn3)nn2C1. The lowest BCUT2D eigenvalue weighted by atomic mass is 9.82. The molecule has 5 nitrogen and oxygen atoms in total. The summed E-state index contributed by atoms with van der Waals surface area (Å²) in [6, 6.07) is 6.61. The Kier molecular flexibility index (Phi) is 3.94. The van der Waals surface area contributed by atoms with Crippen molar-refractivity contribution in [3.8, 4) is 22.5 Å². The first-order chi connectivity index (χ1) is 12.5. The van der Waals surface area contributed by atoms with E-state index in [1.54, 1.807) is 18.3 Å². The van der Waals surface area contributed by atoms with Crippen LogP contribution >= 0.6 is 0 Å². The minimum atomic E-state index is -0.430. The van der Waals surface area contributed by atoms with Crippen molar-refractivity contribution < 1.29 is 8.78 Å². The average Bonchev–Trinajstić information content (AvgIpc) is 3.00. The molecule has 7 heteroatoms. The van der Waals surface area contributed by atoms with Gasteiger partial charge in [0.25, 0.3) is 0 Å².